The second kappa shape index (κ2) is 5.36. The van der Waals surface area contributed by atoms with E-state index in [0.717, 1.165) is 24.9 Å². The van der Waals surface area contributed by atoms with Gasteiger partial charge in [0, 0.05) is 17.7 Å². The maximum Gasteiger partial charge on any atom is 0.165 e. The minimum Gasteiger partial charge on any atom is -0.496 e. The van der Waals surface area contributed by atoms with Crippen molar-refractivity contribution in [2.24, 2.45) is 0 Å². The third-order valence-electron chi connectivity index (χ3n) is 3.19. The second-order valence-electron chi connectivity index (χ2n) is 4.23. The number of piperidine rings is 1. The Bertz CT molecular complexity index is 389. The molecule has 1 aliphatic heterocycles. The zero-order valence-corrected chi connectivity index (χ0v) is 10.3. The van der Waals surface area contributed by atoms with Crippen LogP contribution in [0.1, 0.15) is 30.9 Å². The number of rotatable bonds is 3. The van der Waals surface area contributed by atoms with E-state index < -0.39 is 0 Å². The number of benzene rings is 1. The number of methoxy groups -OCH3 is 2. The van der Waals surface area contributed by atoms with Gasteiger partial charge in [0.15, 0.2) is 11.6 Å². The molecule has 1 aromatic rings. The molecule has 0 aliphatic carbocycles. The number of hydrogen-bond donors (Lipinski definition) is 1. The molecule has 94 valence electrons. The summed E-state index contributed by atoms with van der Waals surface area (Å²) in [6, 6.07) is 3.31. The molecule has 0 amide bonds. The first-order valence-electron chi connectivity index (χ1n) is 5.91. The van der Waals surface area contributed by atoms with Crippen molar-refractivity contribution >= 4 is 0 Å². The highest BCUT2D eigenvalue weighted by Gasteiger charge is 2.21. The van der Waals surface area contributed by atoms with E-state index in [1.54, 1.807) is 13.2 Å². The predicted octanol–water partition coefficient (Wildman–Crippen LogP) is 2.66. The fourth-order valence-electron chi connectivity index (χ4n) is 2.27. The van der Waals surface area contributed by atoms with Crippen molar-refractivity contribution in [2.75, 3.05) is 20.8 Å². The maximum absolute atomic E-state index is 13.7. The van der Waals surface area contributed by atoms with E-state index in [0.29, 0.717) is 5.75 Å². The Morgan fingerprint density at radius 3 is 2.53 bits per heavy atom. The molecule has 1 aromatic carbocycles. The molecule has 1 unspecified atom stereocenters. The average molecular weight is 239 g/mol. The lowest BCUT2D eigenvalue weighted by molar-refractivity contribution is 0.355. The van der Waals surface area contributed by atoms with Crippen LogP contribution >= 0.6 is 0 Å². The van der Waals surface area contributed by atoms with E-state index in [1.807, 2.05) is 0 Å². The Morgan fingerprint density at radius 2 is 1.94 bits per heavy atom. The van der Waals surface area contributed by atoms with Gasteiger partial charge in [0.25, 0.3) is 0 Å². The van der Waals surface area contributed by atoms with Crippen LogP contribution < -0.4 is 14.8 Å². The molecule has 1 fully saturated rings. The summed E-state index contributed by atoms with van der Waals surface area (Å²) in [5, 5.41) is 3.39. The van der Waals surface area contributed by atoms with Gasteiger partial charge in [0.05, 0.1) is 14.2 Å². The highest BCUT2D eigenvalue weighted by molar-refractivity contribution is 5.43. The Kier molecular flexibility index (Phi) is 3.84. The van der Waals surface area contributed by atoms with Crippen molar-refractivity contribution in [2.45, 2.75) is 25.3 Å². The molecule has 0 saturated carbocycles. The van der Waals surface area contributed by atoms with Crippen LogP contribution in [-0.4, -0.2) is 20.8 Å². The Morgan fingerprint density at radius 1 is 1.18 bits per heavy atom. The Balaban J connectivity index is 2.34. The fourth-order valence-corrected chi connectivity index (χ4v) is 2.27. The van der Waals surface area contributed by atoms with Gasteiger partial charge >= 0.3 is 0 Å². The van der Waals surface area contributed by atoms with Gasteiger partial charge in [0.1, 0.15) is 5.75 Å². The van der Waals surface area contributed by atoms with E-state index in [1.165, 1.54) is 19.6 Å². The zero-order chi connectivity index (χ0) is 12.3. The molecular weight excluding hydrogens is 221 g/mol. The number of hydrogen-bond acceptors (Lipinski definition) is 3. The summed E-state index contributed by atoms with van der Waals surface area (Å²) in [5.74, 6) is 0.569. The third kappa shape index (κ3) is 2.52. The SMILES string of the molecule is COc1cc(OC)c(C2CCCCN2)cc1F. The summed E-state index contributed by atoms with van der Waals surface area (Å²) in [7, 11) is 3.05. The minimum absolute atomic E-state index is 0.180. The summed E-state index contributed by atoms with van der Waals surface area (Å²) >= 11 is 0. The van der Waals surface area contributed by atoms with Crippen molar-refractivity contribution < 1.29 is 13.9 Å². The van der Waals surface area contributed by atoms with Gasteiger partial charge in [0.2, 0.25) is 0 Å². The van der Waals surface area contributed by atoms with Gasteiger partial charge in [-0.2, -0.15) is 0 Å². The van der Waals surface area contributed by atoms with Crippen molar-refractivity contribution in [1.29, 1.82) is 0 Å². The normalized spacial score (nSPS) is 20.1. The van der Waals surface area contributed by atoms with Crippen LogP contribution in [0.4, 0.5) is 4.39 Å². The van der Waals surface area contributed by atoms with E-state index in [4.69, 9.17) is 9.47 Å². The summed E-state index contributed by atoms with van der Waals surface area (Å²) in [5.41, 5.74) is 0.880. The molecule has 1 N–H and O–H groups in total. The third-order valence-corrected chi connectivity index (χ3v) is 3.19. The van der Waals surface area contributed by atoms with Crippen molar-refractivity contribution in [3.8, 4) is 11.5 Å². The summed E-state index contributed by atoms with van der Waals surface area (Å²) in [6.07, 6.45) is 3.36. The fraction of sp³-hybridized carbons (Fsp3) is 0.538. The first-order valence-corrected chi connectivity index (χ1v) is 5.91. The maximum atomic E-state index is 13.7. The molecule has 0 bridgehead atoms. The van der Waals surface area contributed by atoms with Crippen LogP contribution in [0.15, 0.2) is 12.1 Å². The topological polar surface area (TPSA) is 30.5 Å². The monoisotopic (exact) mass is 239 g/mol. The predicted molar refractivity (Wildman–Crippen MR) is 64.1 cm³/mol. The highest BCUT2D eigenvalue weighted by Crippen LogP contribution is 2.34. The molecule has 4 heteroatoms. The number of nitrogens with one attached hydrogen (secondary N) is 1. The number of halogens is 1. The van der Waals surface area contributed by atoms with Crippen LogP contribution in [-0.2, 0) is 0 Å². The molecule has 1 saturated heterocycles. The van der Waals surface area contributed by atoms with Crippen molar-refractivity contribution in [1.82, 2.24) is 5.32 Å². The van der Waals surface area contributed by atoms with Gasteiger partial charge < -0.3 is 14.8 Å². The van der Waals surface area contributed by atoms with Crippen molar-refractivity contribution in [3.63, 3.8) is 0 Å². The van der Waals surface area contributed by atoms with Crippen LogP contribution in [0.25, 0.3) is 0 Å². The van der Waals surface area contributed by atoms with E-state index in [9.17, 15) is 4.39 Å². The zero-order valence-electron chi connectivity index (χ0n) is 10.3. The average Bonchev–Trinajstić information content (AvgIpc) is 2.39. The lowest BCUT2D eigenvalue weighted by atomic mass is 9.96. The summed E-state index contributed by atoms with van der Waals surface area (Å²) < 4.78 is 24.0. The standard InChI is InChI=1S/C13H18FNO2/c1-16-12-8-13(17-2)10(14)7-9(12)11-5-3-4-6-15-11/h7-8,11,15H,3-6H2,1-2H3. The molecule has 3 nitrogen and oxygen atoms in total. The molecule has 1 aliphatic rings. The molecule has 17 heavy (non-hydrogen) atoms. The van der Waals surface area contributed by atoms with E-state index in [-0.39, 0.29) is 17.6 Å². The Labute approximate surface area is 101 Å². The van der Waals surface area contributed by atoms with Crippen molar-refractivity contribution in [3.05, 3.63) is 23.5 Å². The first kappa shape index (κ1) is 12.2. The Hall–Kier alpha value is -1.29. The summed E-state index contributed by atoms with van der Waals surface area (Å²) in [4.78, 5) is 0. The molecule has 2 rings (SSSR count). The minimum atomic E-state index is -0.337. The lowest BCUT2D eigenvalue weighted by Gasteiger charge is -2.25. The second-order valence-corrected chi connectivity index (χ2v) is 4.23. The van der Waals surface area contributed by atoms with Gasteiger partial charge in [-0.1, -0.05) is 6.42 Å². The quantitative estimate of drug-likeness (QED) is 0.879. The molecular formula is C13H18FNO2. The smallest absolute Gasteiger partial charge is 0.165 e. The van der Waals surface area contributed by atoms with Crippen LogP contribution in [0, 0.1) is 5.82 Å². The van der Waals surface area contributed by atoms with Crippen LogP contribution in [0.3, 0.4) is 0 Å². The highest BCUT2D eigenvalue weighted by atomic mass is 19.1. The molecule has 1 heterocycles. The molecule has 0 spiro atoms. The van der Waals surface area contributed by atoms with Gasteiger partial charge in [-0.25, -0.2) is 4.39 Å². The molecule has 1 atom stereocenters. The van der Waals surface area contributed by atoms with Crippen LogP contribution in [0.5, 0.6) is 11.5 Å². The van der Waals surface area contributed by atoms with E-state index in [2.05, 4.69) is 5.32 Å². The molecule has 0 radical (unpaired) electrons. The lowest BCUT2D eigenvalue weighted by Crippen LogP contribution is -2.27. The first-order chi connectivity index (χ1) is 8.26. The van der Waals surface area contributed by atoms with Gasteiger partial charge in [-0.05, 0) is 25.5 Å². The van der Waals surface area contributed by atoms with E-state index >= 15 is 0 Å². The van der Waals surface area contributed by atoms with Gasteiger partial charge in [-0.15, -0.1) is 0 Å². The van der Waals surface area contributed by atoms with Crippen LogP contribution in [0.2, 0.25) is 0 Å². The van der Waals surface area contributed by atoms with Gasteiger partial charge in [-0.3, -0.25) is 0 Å². The summed E-state index contributed by atoms with van der Waals surface area (Å²) in [6.45, 7) is 0.974. The molecule has 0 aromatic heterocycles. The largest absolute Gasteiger partial charge is 0.496 e. The number of ether oxygens (including phenoxy) is 2.